The summed E-state index contributed by atoms with van der Waals surface area (Å²) < 4.78 is 5.42. The van der Waals surface area contributed by atoms with Crippen molar-refractivity contribution in [3.8, 4) is 0 Å². The first kappa shape index (κ1) is 7.86. The van der Waals surface area contributed by atoms with Gasteiger partial charge in [0.1, 0.15) is 5.76 Å². The number of aromatic nitrogens is 1. The molecule has 0 spiro atoms. The minimum atomic E-state index is 0.488. The standard InChI is InChI=1S/C10H12ClNO/c11-4-8-10(13-5-12-8)9-6-2-1-3-7(6)9/h5-7,9H,1-4H2. The van der Waals surface area contributed by atoms with Crippen LogP contribution in [0, 0.1) is 11.8 Å². The number of fused-ring (bicyclic) bond motifs is 1. The van der Waals surface area contributed by atoms with E-state index in [-0.39, 0.29) is 0 Å². The van der Waals surface area contributed by atoms with Crippen molar-refractivity contribution in [3.63, 3.8) is 0 Å². The largest absolute Gasteiger partial charge is 0.448 e. The first-order valence-electron chi connectivity index (χ1n) is 4.90. The third-order valence-corrected chi connectivity index (χ3v) is 3.76. The fourth-order valence-electron chi connectivity index (χ4n) is 2.86. The number of halogens is 1. The van der Waals surface area contributed by atoms with Crippen LogP contribution in [-0.2, 0) is 5.88 Å². The molecule has 2 fully saturated rings. The zero-order chi connectivity index (χ0) is 8.84. The summed E-state index contributed by atoms with van der Waals surface area (Å²) in [5.41, 5.74) is 0.959. The summed E-state index contributed by atoms with van der Waals surface area (Å²) in [6, 6.07) is 0. The summed E-state index contributed by atoms with van der Waals surface area (Å²) in [4.78, 5) is 4.12. The predicted molar refractivity (Wildman–Crippen MR) is 49.6 cm³/mol. The molecule has 0 amide bonds. The zero-order valence-electron chi connectivity index (χ0n) is 7.37. The normalized spacial score (nSPS) is 36.2. The van der Waals surface area contributed by atoms with Gasteiger partial charge in [-0.3, -0.25) is 0 Å². The van der Waals surface area contributed by atoms with Crippen LogP contribution in [0.2, 0.25) is 0 Å². The molecule has 2 saturated carbocycles. The van der Waals surface area contributed by atoms with Gasteiger partial charge in [0.15, 0.2) is 6.39 Å². The number of nitrogens with zero attached hydrogens (tertiary/aromatic N) is 1. The summed E-state index contributed by atoms with van der Waals surface area (Å²) >= 11 is 5.78. The van der Waals surface area contributed by atoms with Gasteiger partial charge in [-0.05, 0) is 24.7 Å². The highest BCUT2D eigenvalue weighted by atomic mass is 35.5. The lowest BCUT2D eigenvalue weighted by atomic mass is 10.1. The van der Waals surface area contributed by atoms with Crippen molar-refractivity contribution in [2.24, 2.45) is 11.8 Å². The van der Waals surface area contributed by atoms with E-state index in [0.717, 1.165) is 23.3 Å². The lowest BCUT2D eigenvalue weighted by molar-refractivity contribution is 0.478. The molecule has 2 aliphatic carbocycles. The highest BCUT2D eigenvalue weighted by Gasteiger charge is 2.55. The topological polar surface area (TPSA) is 26.0 Å². The molecule has 3 heteroatoms. The van der Waals surface area contributed by atoms with E-state index in [2.05, 4.69) is 4.98 Å². The summed E-state index contributed by atoms with van der Waals surface area (Å²) in [6.45, 7) is 0. The van der Waals surface area contributed by atoms with Crippen LogP contribution in [0.5, 0.6) is 0 Å². The molecule has 70 valence electrons. The van der Waals surface area contributed by atoms with Crippen LogP contribution >= 0.6 is 11.6 Å². The van der Waals surface area contributed by atoms with Crippen LogP contribution < -0.4 is 0 Å². The number of oxazole rings is 1. The second-order valence-electron chi connectivity index (χ2n) is 4.08. The number of hydrogen-bond acceptors (Lipinski definition) is 2. The molecule has 13 heavy (non-hydrogen) atoms. The Labute approximate surface area is 82.3 Å². The fourth-order valence-corrected chi connectivity index (χ4v) is 3.06. The van der Waals surface area contributed by atoms with E-state index in [1.807, 2.05) is 0 Å². The molecule has 2 atom stereocenters. The van der Waals surface area contributed by atoms with Crippen LogP contribution in [-0.4, -0.2) is 4.98 Å². The molecule has 2 unspecified atom stereocenters. The second-order valence-corrected chi connectivity index (χ2v) is 4.35. The van der Waals surface area contributed by atoms with Crippen molar-refractivity contribution < 1.29 is 4.42 Å². The lowest BCUT2D eigenvalue weighted by Crippen LogP contribution is -1.90. The Morgan fingerprint density at radius 3 is 2.92 bits per heavy atom. The Kier molecular flexibility index (Phi) is 1.66. The third-order valence-electron chi connectivity index (χ3n) is 3.51. The van der Waals surface area contributed by atoms with E-state index in [4.69, 9.17) is 16.0 Å². The molecule has 0 N–H and O–H groups in total. The minimum absolute atomic E-state index is 0.488. The van der Waals surface area contributed by atoms with Crippen LogP contribution in [0.25, 0.3) is 0 Å². The van der Waals surface area contributed by atoms with E-state index >= 15 is 0 Å². The average molecular weight is 198 g/mol. The fraction of sp³-hybridized carbons (Fsp3) is 0.700. The van der Waals surface area contributed by atoms with Gasteiger partial charge in [-0.2, -0.15) is 0 Å². The maximum Gasteiger partial charge on any atom is 0.181 e. The Morgan fingerprint density at radius 1 is 1.46 bits per heavy atom. The molecule has 0 radical (unpaired) electrons. The van der Waals surface area contributed by atoms with Gasteiger partial charge in [0, 0.05) is 5.92 Å². The molecule has 2 nitrogen and oxygen atoms in total. The van der Waals surface area contributed by atoms with Gasteiger partial charge in [0.25, 0.3) is 0 Å². The Balaban J connectivity index is 1.86. The van der Waals surface area contributed by atoms with Gasteiger partial charge in [0.2, 0.25) is 0 Å². The lowest BCUT2D eigenvalue weighted by Gasteiger charge is -1.99. The van der Waals surface area contributed by atoms with E-state index in [1.165, 1.54) is 25.7 Å². The number of hydrogen-bond donors (Lipinski definition) is 0. The molecule has 1 aromatic heterocycles. The molecule has 2 aliphatic rings. The molecule has 1 heterocycles. The summed E-state index contributed by atoms with van der Waals surface area (Å²) in [7, 11) is 0. The Hall–Kier alpha value is -0.500. The first-order valence-corrected chi connectivity index (χ1v) is 5.43. The monoisotopic (exact) mass is 197 g/mol. The van der Waals surface area contributed by atoms with Gasteiger partial charge in [-0.25, -0.2) is 4.98 Å². The number of rotatable bonds is 2. The van der Waals surface area contributed by atoms with Gasteiger partial charge in [-0.1, -0.05) is 6.42 Å². The van der Waals surface area contributed by atoms with E-state index in [0.29, 0.717) is 11.8 Å². The van der Waals surface area contributed by atoms with E-state index < -0.39 is 0 Å². The van der Waals surface area contributed by atoms with Gasteiger partial charge in [-0.15, -0.1) is 11.6 Å². The van der Waals surface area contributed by atoms with Crippen molar-refractivity contribution in [2.45, 2.75) is 31.1 Å². The summed E-state index contributed by atoms with van der Waals surface area (Å²) in [5.74, 6) is 3.99. The molecule has 0 bridgehead atoms. The second kappa shape index (κ2) is 2.74. The van der Waals surface area contributed by atoms with Crippen LogP contribution in [0.4, 0.5) is 0 Å². The maximum absolute atomic E-state index is 5.78. The van der Waals surface area contributed by atoms with Crippen LogP contribution in [0.3, 0.4) is 0 Å². The first-order chi connectivity index (χ1) is 6.42. The Bertz CT molecular complexity index is 312. The SMILES string of the molecule is ClCc1ncoc1C1C2CCCC21. The molecule has 0 saturated heterocycles. The average Bonchev–Trinajstić information content (AvgIpc) is 2.65. The quantitative estimate of drug-likeness (QED) is 0.682. The van der Waals surface area contributed by atoms with Crippen molar-refractivity contribution in [1.29, 1.82) is 0 Å². The maximum atomic E-state index is 5.78. The molecular formula is C10H12ClNO. The molecular weight excluding hydrogens is 186 g/mol. The highest BCUT2D eigenvalue weighted by molar-refractivity contribution is 6.16. The van der Waals surface area contributed by atoms with Crippen molar-refractivity contribution in [3.05, 3.63) is 17.8 Å². The minimum Gasteiger partial charge on any atom is -0.448 e. The van der Waals surface area contributed by atoms with Crippen molar-refractivity contribution in [2.75, 3.05) is 0 Å². The van der Waals surface area contributed by atoms with Gasteiger partial charge in [0.05, 0.1) is 11.6 Å². The zero-order valence-corrected chi connectivity index (χ0v) is 8.13. The molecule has 0 aliphatic heterocycles. The summed E-state index contributed by atoms with van der Waals surface area (Å²) in [5, 5.41) is 0. The van der Waals surface area contributed by atoms with Crippen LogP contribution in [0.15, 0.2) is 10.8 Å². The smallest absolute Gasteiger partial charge is 0.181 e. The molecule has 3 rings (SSSR count). The van der Waals surface area contributed by atoms with E-state index in [1.54, 1.807) is 0 Å². The Morgan fingerprint density at radius 2 is 2.23 bits per heavy atom. The molecule has 1 aromatic rings. The molecule has 0 aromatic carbocycles. The third kappa shape index (κ3) is 1.05. The van der Waals surface area contributed by atoms with Gasteiger partial charge >= 0.3 is 0 Å². The van der Waals surface area contributed by atoms with Crippen molar-refractivity contribution in [1.82, 2.24) is 4.98 Å². The van der Waals surface area contributed by atoms with Crippen LogP contribution in [0.1, 0.15) is 36.6 Å². The van der Waals surface area contributed by atoms with Crippen molar-refractivity contribution >= 4 is 11.6 Å². The van der Waals surface area contributed by atoms with Gasteiger partial charge < -0.3 is 4.42 Å². The predicted octanol–water partition coefficient (Wildman–Crippen LogP) is 2.93. The highest BCUT2D eigenvalue weighted by Crippen LogP contribution is 2.63. The summed E-state index contributed by atoms with van der Waals surface area (Å²) in [6.07, 6.45) is 5.67. The number of alkyl halides is 1. The van der Waals surface area contributed by atoms with E-state index in [9.17, 15) is 0 Å².